The first-order valence-corrected chi connectivity index (χ1v) is 9.59. The summed E-state index contributed by atoms with van der Waals surface area (Å²) >= 11 is 0. The SMILES string of the molecule is C/C=C(/C[C@H](C(=O)OC)[C@@H]1CCN(C(=O)C(F)(F)F)[C@@H]1C(=O)OC(C)(C)C)C(=O)OC. The van der Waals surface area contributed by atoms with E-state index in [2.05, 4.69) is 4.74 Å². The van der Waals surface area contributed by atoms with Crippen LogP contribution < -0.4 is 0 Å². The van der Waals surface area contributed by atoms with E-state index in [4.69, 9.17) is 9.47 Å². The first-order valence-electron chi connectivity index (χ1n) is 9.59. The van der Waals surface area contributed by atoms with Gasteiger partial charge in [-0.3, -0.25) is 9.59 Å². The predicted octanol–water partition coefficient (Wildman–Crippen LogP) is 2.41. The van der Waals surface area contributed by atoms with Crippen LogP contribution in [0.5, 0.6) is 0 Å². The van der Waals surface area contributed by atoms with Crippen molar-refractivity contribution in [2.24, 2.45) is 11.8 Å². The first kappa shape index (κ1) is 26.4. The molecule has 0 radical (unpaired) electrons. The molecule has 0 bridgehead atoms. The number of amides is 1. The lowest BCUT2D eigenvalue weighted by molar-refractivity contribution is -0.191. The molecule has 3 atom stereocenters. The molecule has 31 heavy (non-hydrogen) atoms. The van der Waals surface area contributed by atoms with Gasteiger partial charge in [0.05, 0.1) is 20.1 Å². The average Bonchev–Trinajstić information content (AvgIpc) is 3.09. The smallest absolute Gasteiger partial charge is 0.469 e. The lowest BCUT2D eigenvalue weighted by Crippen LogP contribution is -2.52. The summed E-state index contributed by atoms with van der Waals surface area (Å²) in [6.45, 7) is 5.69. The number of ether oxygens (including phenoxy) is 3. The number of alkyl halides is 3. The summed E-state index contributed by atoms with van der Waals surface area (Å²) in [5, 5.41) is 0. The van der Waals surface area contributed by atoms with Gasteiger partial charge in [0, 0.05) is 18.0 Å². The van der Waals surface area contributed by atoms with Crippen molar-refractivity contribution in [2.45, 2.75) is 58.4 Å². The van der Waals surface area contributed by atoms with E-state index in [1.165, 1.54) is 33.8 Å². The molecule has 0 aliphatic carbocycles. The van der Waals surface area contributed by atoms with Crippen molar-refractivity contribution < 1.29 is 46.6 Å². The van der Waals surface area contributed by atoms with Crippen molar-refractivity contribution in [3.8, 4) is 0 Å². The number of esters is 3. The summed E-state index contributed by atoms with van der Waals surface area (Å²) in [7, 11) is 2.22. The minimum Gasteiger partial charge on any atom is -0.469 e. The first-order chi connectivity index (χ1) is 14.2. The van der Waals surface area contributed by atoms with Gasteiger partial charge in [0.15, 0.2) is 0 Å². The Labute approximate surface area is 178 Å². The van der Waals surface area contributed by atoms with Gasteiger partial charge in [-0.2, -0.15) is 13.2 Å². The number of carbonyl (C=O) groups excluding carboxylic acids is 4. The molecule has 0 N–H and O–H groups in total. The fourth-order valence-electron chi connectivity index (χ4n) is 3.54. The van der Waals surface area contributed by atoms with Crippen molar-refractivity contribution in [2.75, 3.05) is 20.8 Å². The largest absolute Gasteiger partial charge is 0.471 e. The second-order valence-electron chi connectivity index (χ2n) is 8.07. The Morgan fingerprint density at radius 2 is 1.68 bits per heavy atom. The van der Waals surface area contributed by atoms with E-state index in [1.807, 2.05) is 0 Å². The van der Waals surface area contributed by atoms with Gasteiger partial charge in [-0.05, 0) is 40.5 Å². The van der Waals surface area contributed by atoms with Crippen LogP contribution in [0.15, 0.2) is 11.6 Å². The molecule has 0 aromatic heterocycles. The minimum absolute atomic E-state index is 0.0847. The molecule has 8 nitrogen and oxygen atoms in total. The number of hydrogen-bond donors (Lipinski definition) is 0. The third kappa shape index (κ3) is 6.70. The molecular weight excluding hydrogens is 423 g/mol. The Hall–Kier alpha value is -2.59. The van der Waals surface area contributed by atoms with Crippen LogP contribution in [0.1, 0.15) is 40.5 Å². The van der Waals surface area contributed by atoms with Gasteiger partial charge in [0.2, 0.25) is 0 Å². The topological polar surface area (TPSA) is 99.2 Å². The Balaban J connectivity index is 3.42. The number of likely N-dealkylation sites (tertiary alicyclic amines) is 1. The molecule has 1 amide bonds. The van der Waals surface area contributed by atoms with E-state index in [-0.39, 0.29) is 18.4 Å². The van der Waals surface area contributed by atoms with E-state index < -0.39 is 60.0 Å². The van der Waals surface area contributed by atoms with Crippen LogP contribution in [-0.2, 0) is 33.4 Å². The lowest BCUT2D eigenvalue weighted by Gasteiger charge is -2.32. The zero-order valence-electron chi connectivity index (χ0n) is 18.4. The summed E-state index contributed by atoms with van der Waals surface area (Å²) in [5.41, 5.74) is -0.959. The molecule has 0 spiro atoms. The minimum atomic E-state index is -5.21. The molecule has 1 heterocycles. The molecule has 1 rings (SSSR count). The maximum atomic E-state index is 13.1. The number of allylic oxidation sites excluding steroid dienone is 1. The van der Waals surface area contributed by atoms with E-state index in [0.717, 1.165) is 14.2 Å². The van der Waals surface area contributed by atoms with E-state index >= 15 is 0 Å². The van der Waals surface area contributed by atoms with Crippen LogP contribution in [-0.4, -0.2) is 67.3 Å². The summed E-state index contributed by atoms with van der Waals surface area (Å²) in [6.07, 6.45) is -4.15. The zero-order chi connectivity index (χ0) is 24.1. The summed E-state index contributed by atoms with van der Waals surface area (Å²) in [4.78, 5) is 49.7. The number of nitrogens with zero attached hydrogens (tertiary/aromatic N) is 1. The van der Waals surface area contributed by atoms with Crippen LogP contribution in [0.4, 0.5) is 13.2 Å². The van der Waals surface area contributed by atoms with Gasteiger partial charge in [0.1, 0.15) is 11.6 Å². The second-order valence-corrected chi connectivity index (χ2v) is 8.07. The average molecular weight is 451 g/mol. The summed E-state index contributed by atoms with van der Waals surface area (Å²) < 4.78 is 54.1. The summed E-state index contributed by atoms with van der Waals surface area (Å²) in [5.74, 6) is -7.07. The third-order valence-electron chi connectivity index (χ3n) is 4.85. The Kier molecular flexibility index (Phi) is 8.65. The van der Waals surface area contributed by atoms with Crippen LogP contribution in [0.3, 0.4) is 0 Å². The van der Waals surface area contributed by atoms with Gasteiger partial charge >= 0.3 is 30.0 Å². The predicted molar refractivity (Wildman–Crippen MR) is 101 cm³/mol. The number of rotatable bonds is 6. The number of halogens is 3. The monoisotopic (exact) mass is 451 g/mol. The molecule has 0 aromatic carbocycles. The number of carbonyl (C=O) groups is 4. The normalized spacial score (nSPS) is 20.8. The highest BCUT2D eigenvalue weighted by Gasteiger charge is 2.54. The highest BCUT2D eigenvalue weighted by molar-refractivity contribution is 5.91. The number of hydrogen-bond acceptors (Lipinski definition) is 7. The van der Waals surface area contributed by atoms with Crippen LogP contribution in [0.25, 0.3) is 0 Å². The highest BCUT2D eigenvalue weighted by Crippen LogP contribution is 2.38. The zero-order valence-corrected chi connectivity index (χ0v) is 18.4. The Bertz CT molecular complexity index is 740. The Morgan fingerprint density at radius 1 is 1.10 bits per heavy atom. The lowest BCUT2D eigenvalue weighted by atomic mass is 9.81. The second kappa shape index (κ2) is 10.1. The molecule has 11 heteroatoms. The molecule has 1 aliphatic heterocycles. The van der Waals surface area contributed by atoms with Gasteiger partial charge in [-0.15, -0.1) is 0 Å². The van der Waals surface area contributed by atoms with Crippen LogP contribution >= 0.6 is 0 Å². The van der Waals surface area contributed by atoms with Crippen molar-refractivity contribution in [3.63, 3.8) is 0 Å². The van der Waals surface area contributed by atoms with Crippen molar-refractivity contribution in [1.82, 2.24) is 4.90 Å². The fraction of sp³-hybridized carbons (Fsp3) is 0.700. The maximum Gasteiger partial charge on any atom is 0.471 e. The van der Waals surface area contributed by atoms with Crippen molar-refractivity contribution >= 4 is 23.8 Å². The molecule has 176 valence electrons. The highest BCUT2D eigenvalue weighted by atomic mass is 19.4. The third-order valence-corrected chi connectivity index (χ3v) is 4.85. The van der Waals surface area contributed by atoms with E-state index in [1.54, 1.807) is 0 Å². The van der Waals surface area contributed by atoms with Crippen molar-refractivity contribution in [3.05, 3.63) is 11.6 Å². The van der Waals surface area contributed by atoms with Gasteiger partial charge in [-0.25, -0.2) is 9.59 Å². The molecule has 1 aliphatic rings. The fourth-order valence-corrected chi connectivity index (χ4v) is 3.54. The molecular formula is C20H28F3NO7. The van der Waals surface area contributed by atoms with E-state index in [9.17, 15) is 32.3 Å². The quantitative estimate of drug-likeness (QED) is 0.347. The standard InChI is InChI=1S/C20H28F3NO7/c1-7-11(15(25)29-5)10-13(16(26)30-6)12-8-9-24(18(28)20(21,22)23)14(12)17(27)31-19(2,3)4/h7,12-14H,8-10H2,1-6H3/b11-7-/t12-,13-,14-/m0/s1. The maximum absolute atomic E-state index is 13.1. The molecule has 0 saturated carbocycles. The van der Waals surface area contributed by atoms with Crippen LogP contribution in [0, 0.1) is 11.8 Å². The molecule has 1 fully saturated rings. The van der Waals surface area contributed by atoms with Gasteiger partial charge in [-0.1, -0.05) is 6.08 Å². The Morgan fingerprint density at radius 3 is 2.10 bits per heavy atom. The van der Waals surface area contributed by atoms with Gasteiger partial charge < -0.3 is 19.1 Å². The summed E-state index contributed by atoms with van der Waals surface area (Å²) in [6, 6.07) is -1.67. The van der Waals surface area contributed by atoms with Crippen molar-refractivity contribution in [1.29, 1.82) is 0 Å². The van der Waals surface area contributed by atoms with Crippen LogP contribution in [0.2, 0.25) is 0 Å². The molecule has 0 aromatic rings. The van der Waals surface area contributed by atoms with Gasteiger partial charge in [0.25, 0.3) is 0 Å². The molecule has 0 unspecified atom stereocenters. The van der Waals surface area contributed by atoms with E-state index in [0.29, 0.717) is 4.90 Å². The number of methoxy groups -OCH3 is 2. The molecule has 1 saturated heterocycles.